The fraction of sp³-hybridized carbons (Fsp3) is 0.0500. The lowest BCUT2D eigenvalue weighted by Gasteiger charge is -2.09. The third-order valence-electron chi connectivity index (χ3n) is 4.02. The van der Waals surface area contributed by atoms with Crippen molar-refractivity contribution in [2.45, 2.75) is 6.92 Å². The predicted octanol–water partition coefficient (Wildman–Crippen LogP) is 4.60. The summed E-state index contributed by atoms with van der Waals surface area (Å²) in [6.07, 6.45) is 3.49. The van der Waals surface area contributed by atoms with E-state index in [1.165, 1.54) is 0 Å². The Morgan fingerprint density at radius 3 is 2.64 bits per heavy atom. The van der Waals surface area contributed by atoms with Gasteiger partial charge in [0.2, 0.25) is 0 Å². The number of H-pyrrole nitrogens is 1. The number of nitrogens with one attached hydrogen (secondary N) is 1. The topological polar surface area (TPSA) is 74.6 Å². The van der Waals surface area contributed by atoms with E-state index in [1.807, 2.05) is 49.4 Å². The lowest BCUT2D eigenvalue weighted by atomic mass is 10.1. The Morgan fingerprint density at radius 1 is 1.04 bits per heavy atom. The normalized spacial score (nSPS) is 10.6. The number of nitriles is 1. The highest BCUT2D eigenvalue weighted by atomic mass is 16.5. The van der Waals surface area contributed by atoms with Gasteiger partial charge in [-0.15, -0.1) is 0 Å². The van der Waals surface area contributed by atoms with Gasteiger partial charge < -0.3 is 4.74 Å². The molecule has 120 valence electrons. The Hall–Kier alpha value is -3.65. The van der Waals surface area contributed by atoms with Crippen LogP contribution in [0.2, 0.25) is 0 Å². The van der Waals surface area contributed by atoms with Gasteiger partial charge in [-0.2, -0.15) is 10.4 Å². The number of benzene rings is 2. The van der Waals surface area contributed by atoms with E-state index >= 15 is 0 Å². The minimum Gasteiger partial charge on any atom is -0.457 e. The summed E-state index contributed by atoms with van der Waals surface area (Å²) in [6, 6.07) is 17.2. The van der Waals surface area contributed by atoms with Crippen molar-refractivity contribution in [1.82, 2.24) is 15.2 Å². The first-order valence-electron chi connectivity index (χ1n) is 7.82. The van der Waals surface area contributed by atoms with E-state index in [0.29, 0.717) is 5.56 Å². The molecule has 0 bridgehead atoms. The number of nitrogens with zero attached hydrogens (tertiary/aromatic N) is 3. The molecule has 0 amide bonds. The van der Waals surface area contributed by atoms with Crippen LogP contribution in [0, 0.1) is 18.3 Å². The van der Waals surface area contributed by atoms with E-state index in [2.05, 4.69) is 21.3 Å². The third-order valence-corrected chi connectivity index (χ3v) is 4.02. The van der Waals surface area contributed by atoms with Crippen LogP contribution < -0.4 is 4.74 Å². The molecule has 0 saturated heterocycles. The number of hydrogen-bond donors (Lipinski definition) is 1. The largest absolute Gasteiger partial charge is 0.457 e. The summed E-state index contributed by atoms with van der Waals surface area (Å²) < 4.78 is 6.01. The quantitative estimate of drug-likeness (QED) is 0.597. The van der Waals surface area contributed by atoms with Crippen molar-refractivity contribution in [3.8, 4) is 28.8 Å². The zero-order valence-electron chi connectivity index (χ0n) is 13.5. The second-order valence-corrected chi connectivity index (χ2v) is 5.71. The second-order valence-electron chi connectivity index (χ2n) is 5.71. The Balaban J connectivity index is 1.73. The van der Waals surface area contributed by atoms with Gasteiger partial charge in [0.05, 0.1) is 17.1 Å². The molecule has 0 atom stereocenters. The maximum absolute atomic E-state index is 8.97. The van der Waals surface area contributed by atoms with Crippen molar-refractivity contribution in [2.75, 3.05) is 0 Å². The fourth-order valence-corrected chi connectivity index (χ4v) is 2.75. The van der Waals surface area contributed by atoms with E-state index in [9.17, 15) is 0 Å². The smallest absolute Gasteiger partial charge is 0.130 e. The number of aryl methyl sites for hydroxylation is 1. The van der Waals surface area contributed by atoms with Gasteiger partial charge in [0, 0.05) is 23.3 Å². The molecule has 0 aliphatic carbocycles. The van der Waals surface area contributed by atoms with Gasteiger partial charge in [-0.3, -0.25) is 10.1 Å². The summed E-state index contributed by atoms with van der Waals surface area (Å²) in [7, 11) is 0. The number of pyridine rings is 1. The number of rotatable bonds is 3. The minimum absolute atomic E-state index is 0.620. The fourth-order valence-electron chi connectivity index (χ4n) is 2.75. The van der Waals surface area contributed by atoms with Crippen LogP contribution in [0.4, 0.5) is 0 Å². The van der Waals surface area contributed by atoms with Gasteiger partial charge in [0.15, 0.2) is 0 Å². The van der Waals surface area contributed by atoms with Crippen molar-refractivity contribution in [1.29, 1.82) is 5.26 Å². The molecule has 0 unspecified atom stereocenters. The van der Waals surface area contributed by atoms with Gasteiger partial charge in [-0.1, -0.05) is 0 Å². The zero-order valence-corrected chi connectivity index (χ0v) is 13.5. The van der Waals surface area contributed by atoms with Crippen LogP contribution in [0.5, 0.6) is 11.5 Å². The zero-order chi connectivity index (χ0) is 17.2. The first-order valence-corrected chi connectivity index (χ1v) is 7.82. The Morgan fingerprint density at radius 2 is 1.88 bits per heavy atom. The highest BCUT2D eigenvalue weighted by Crippen LogP contribution is 2.32. The van der Waals surface area contributed by atoms with Crippen LogP contribution >= 0.6 is 0 Å². The van der Waals surface area contributed by atoms with E-state index in [-0.39, 0.29) is 0 Å². The SMILES string of the molecule is Cc1cc(C#N)ccc1Oc1ccc2[nH]nc(-c3ccncc3)c2c1. The van der Waals surface area contributed by atoms with E-state index < -0.39 is 0 Å². The summed E-state index contributed by atoms with van der Waals surface area (Å²) >= 11 is 0. The number of hydrogen-bond acceptors (Lipinski definition) is 4. The Bertz CT molecular complexity index is 1090. The molecule has 25 heavy (non-hydrogen) atoms. The van der Waals surface area contributed by atoms with Crippen molar-refractivity contribution >= 4 is 10.9 Å². The van der Waals surface area contributed by atoms with Crippen molar-refractivity contribution < 1.29 is 4.74 Å². The molecule has 2 heterocycles. The highest BCUT2D eigenvalue weighted by molar-refractivity contribution is 5.93. The van der Waals surface area contributed by atoms with Crippen LogP contribution in [0.1, 0.15) is 11.1 Å². The summed E-state index contributed by atoms with van der Waals surface area (Å²) in [4.78, 5) is 4.05. The average Bonchev–Trinajstić information content (AvgIpc) is 3.07. The number of fused-ring (bicyclic) bond motifs is 1. The molecule has 5 nitrogen and oxygen atoms in total. The molecule has 4 aromatic rings. The molecule has 0 aliphatic heterocycles. The van der Waals surface area contributed by atoms with Crippen molar-refractivity contribution in [3.63, 3.8) is 0 Å². The molecule has 0 radical (unpaired) electrons. The Kier molecular flexibility index (Phi) is 3.64. The number of ether oxygens (including phenoxy) is 1. The molecular formula is C20H14N4O. The van der Waals surface area contributed by atoms with Crippen molar-refractivity contribution in [2.24, 2.45) is 0 Å². The van der Waals surface area contributed by atoms with Crippen LogP contribution in [-0.2, 0) is 0 Å². The molecule has 4 rings (SSSR count). The lowest BCUT2D eigenvalue weighted by Crippen LogP contribution is -1.89. The van der Waals surface area contributed by atoms with E-state index in [0.717, 1.165) is 39.2 Å². The standard InChI is InChI=1S/C20H14N4O/c1-13-10-14(12-21)2-5-19(13)25-16-3-4-18-17(11-16)20(24-23-18)15-6-8-22-9-7-15/h2-11H,1H3,(H,23,24). The van der Waals surface area contributed by atoms with Gasteiger partial charge in [-0.25, -0.2) is 0 Å². The third kappa shape index (κ3) is 2.81. The molecule has 0 saturated carbocycles. The summed E-state index contributed by atoms with van der Waals surface area (Å²) in [5.74, 6) is 1.45. The molecule has 1 N–H and O–H groups in total. The minimum atomic E-state index is 0.620. The van der Waals surface area contributed by atoms with E-state index in [1.54, 1.807) is 18.5 Å². The first-order chi connectivity index (χ1) is 12.2. The molecule has 0 aliphatic rings. The van der Waals surface area contributed by atoms with Crippen LogP contribution in [0.15, 0.2) is 60.9 Å². The van der Waals surface area contributed by atoms with Gasteiger partial charge in [-0.05, 0) is 61.0 Å². The molecule has 5 heteroatoms. The summed E-state index contributed by atoms with van der Waals surface area (Å²) in [5.41, 5.74) is 4.33. The molecule has 0 spiro atoms. The maximum Gasteiger partial charge on any atom is 0.130 e. The second kappa shape index (κ2) is 6.10. The van der Waals surface area contributed by atoms with Crippen LogP contribution in [0.3, 0.4) is 0 Å². The van der Waals surface area contributed by atoms with Gasteiger partial charge in [0.25, 0.3) is 0 Å². The molecule has 0 fully saturated rings. The average molecular weight is 326 g/mol. The number of aromatic amines is 1. The summed E-state index contributed by atoms with van der Waals surface area (Å²) in [5, 5.41) is 17.4. The summed E-state index contributed by atoms with van der Waals surface area (Å²) in [6.45, 7) is 1.93. The molecule has 2 aromatic carbocycles. The van der Waals surface area contributed by atoms with Crippen LogP contribution in [-0.4, -0.2) is 15.2 Å². The van der Waals surface area contributed by atoms with E-state index in [4.69, 9.17) is 10.00 Å². The maximum atomic E-state index is 8.97. The monoisotopic (exact) mass is 326 g/mol. The molecule has 2 aromatic heterocycles. The highest BCUT2D eigenvalue weighted by Gasteiger charge is 2.10. The van der Waals surface area contributed by atoms with Crippen LogP contribution in [0.25, 0.3) is 22.2 Å². The van der Waals surface area contributed by atoms with Gasteiger partial charge in [0.1, 0.15) is 17.2 Å². The Labute approximate surface area is 144 Å². The molecular weight excluding hydrogens is 312 g/mol. The lowest BCUT2D eigenvalue weighted by molar-refractivity contribution is 0.479. The first kappa shape index (κ1) is 14.9. The number of aromatic nitrogens is 3. The van der Waals surface area contributed by atoms with Gasteiger partial charge >= 0.3 is 0 Å². The predicted molar refractivity (Wildman–Crippen MR) is 95.3 cm³/mol. The van der Waals surface area contributed by atoms with Crippen molar-refractivity contribution in [3.05, 3.63) is 72.1 Å².